The highest BCUT2D eigenvalue weighted by Crippen LogP contribution is 2.38. The van der Waals surface area contributed by atoms with Gasteiger partial charge in [-0.1, -0.05) is 72.8 Å². The van der Waals surface area contributed by atoms with E-state index in [1.165, 1.54) is 22.3 Å². The number of nitrogens with one attached hydrogen (secondary N) is 2. The van der Waals surface area contributed by atoms with Crippen molar-refractivity contribution in [2.45, 2.75) is 27.7 Å². The molecule has 5 heterocycles. The van der Waals surface area contributed by atoms with Crippen LogP contribution < -0.4 is 0 Å². The van der Waals surface area contributed by atoms with Crippen molar-refractivity contribution in [3.63, 3.8) is 0 Å². The molecule has 0 amide bonds. The number of benzene rings is 4. The van der Waals surface area contributed by atoms with Crippen LogP contribution in [0.25, 0.3) is 89.7 Å². The monoisotopic (exact) mass is 570 g/mol. The second kappa shape index (κ2) is 8.87. The van der Waals surface area contributed by atoms with Gasteiger partial charge in [-0.3, -0.25) is 0 Å². The van der Waals surface area contributed by atoms with Crippen molar-refractivity contribution in [3.05, 3.63) is 95.1 Å². The average Bonchev–Trinajstić information content (AvgIpc) is 3.78. The van der Waals surface area contributed by atoms with Gasteiger partial charge in [-0.25, -0.2) is 29.9 Å². The minimum Gasteiger partial charge on any atom is -0.324 e. The third-order valence-corrected chi connectivity index (χ3v) is 9.18. The van der Waals surface area contributed by atoms with Crippen molar-refractivity contribution in [1.29, 1.82) is 0 Å². The molecule has 2 aliphatic heterocycles. The molecule has 0 saturated heterocycles. The van der Waals surface area contributed by atoms with Gasteiger partial charge in [0.15, 0.2) is 23.3 Å². The van der Waals surface area contributed by atoms with Crippen LogP contribution in [-0.4, -0.2) is 39.9 Å². The topological polar surface area (TPSA) is 109 Å². The summed E-state index contributed by atoms with van der Waals surface area (Å²) in [6.45, 7) is 8.65. The van der Waals surface area contributed by atoms with E-state index in [-0.39, 0.29) is 0 Å². The summed E-state index contributed by atoms with van der Waals surface area (Å²) < 4.78 is 0. The number of fused-ring (bicyclic) bond motifs is 20. The molecular formula is C36H26N8. The molecule has 0 aliphatic carbocycles. The highest BCUT2D eigenvalue weighted by Gasteiger charge is 2.23. The Kier molecular flexibility index (Phi) is 5.00. The van der Waals surface area contributed by atoms with Crippen LogP contribution in [0, 0.1) is 27.7 Å². The third-order valence-electron chi connectivity index (χ3n) is 9.18. The number of hydrogen-bond donors (Lipinski definition) is 2. The Hall–Kier alpha value is -5.76. The Balaban J connectivity index is 1.54. The number of aryl methyl sites for hydroxylation is 2. The van der Waals surface area contributed by atoms with Crippen LogP contribution in [0.15, 0.2) is 72.8 Å². The Morgan fingerprint density at radius 1 is 0.364 bits per heavy atom. The SMILES string of the molecule is Cc1c(C)c(C)c2c3nc4nc(nc5[nH]c(nc6nc(nc([nH]3)c2c1C)-c1ccccc1-6)c1ccccc51)-c1ccccc1-4. The van der Waals surface area contributed by atoms with Gasteiger partial charge in [0, 0.05) is 43.8 Å². The standard InChI is InChI=1S/C36H26N8/c1-17-18(2)20(4)28-27(19(17)3)35-42-33-25-15-9-7-13-23(25)31(40-33)38-29-21-11-5-6-12-22(21)30(37-29)39-32-24-14-8-10-16-26(24)34(41-32)43-36(28)44-35/h5-16H,1-4H3,(H2,37,38,39,40,41,42,43,44). The lowest BCUT2D eigenvalue weighted by Crippen LogP contribution is -1.93. The van der Waals surface area contributed by atoms with Crippen LogP contribution in [0.2, 0.25) is 0 Å². The van der Waals surface area contributed by atoms with E-state index < -0.39 is 0 Å². The van der Waals surface area contributed by atoms with Crippen molar-refractivity contribution >= 4 is 44.1 Å². The summed E-state index contributed by atoms with van der Waals surface area (Å²) in [5, 5.41) is 4.00. The molecule has 4 aromatic carbocycles. The fourth-order valence-corrected chi connectivity index (χ4v) is 6.58. The van der Waals surface area contributed by atoms with Gasteiger partial charge in [-0.2, -0.15) is 0 Å². The lowest BCUT2D eigenvalue weighted by atomic mass is 9.94. The van der Waals surface area contributed by atoms with Crippen molar-refractivity contribution in [2.24, 2.45) is 0 Å². The summed E-state index contributed by atoms with van der Waals surface area (Å²) in [6.07, 6.45) is 0. The van der Waals surface area contributed by atoms with E-state index in [2.05, 4.69) is 37.7 Å². The fraction of sp³-hybridized carbons (Fsp3) is 0.111. The fourth-order valence-electron chi connectivity index (χ4n) is 6.58. The number of rotatable bonds is 0. The normalized spacial score (nSPS) is 12.1. The molecule has 0 fully saturated rings. The molecule has 3 aromatic heterocycles. The lowest BCUT2D eigenvalue weighted by molar-refractivity contribution is 1.19. The molecule has 2 N–H and O–H groups in total. The highest BCUT2D eigenvalue weighted by atomic mass is 15.1. The highest BCUT2D eigenvalue weighted by molar-refractivity contribution is 6.10. The minimum absolute atomic E-state index is 0.602. The zero-order valence-corrected chi connectivity index (χ0v) is 24.6. The maximum atomic E-state index is 5.19. The molecule has 7 aromatic rings. The van der Waals surface area contributed by atoms with Gasteiger partial charge in [0.25, 0.3) is 0 Å². The molecule has 8 bridgehead atoms. The van der Waals surface area contributed by atoms with Gasteiger partial charge in [0.05, 0.1) is 0 Å². The van der Waals surface area contributed by atoms with Crippen molar-refractivity contribution in [1.82, 2.24) is 39.9 Å². The Morgan fingerprint density at radius 3 is 1.07 bits per heavy atom. The van der Waals surface area contributed by atoms with Gasteiger partial charge in [-0.05, 0) is 49.9 Å². The van der Waals surface area contributed by atoms with E-state index in [0.717, 1.165) is 55.1 Å². The summed E-state index contributed by atoms with van der Waals surface area (Å²) in [5.41, 5.74) is 11.4. The first kappa shape index (κ1) is 24.8. The maximum Gasteiger partial charge on any atom is 0.164 e. The van der Waals surface area contributed by atoms with E-state index in [0.29, 0.717) is 34.6 Å². The van der Waals surface area contributed by atoms with E-state index in [1.807, 2.05) is 72.8 Å². The van der Waals surface area contributed by atoms with E-state index >= 15 is 0 Å². The largest absolute Gasteiger partial charge is 0.324 e. The number of aromatic nitrogens is 8. The first-order valence-corrected chi connectivity index (χ1v) is 14.7. The predicted molar refractivity (Wildman–Crippen MR) is 175 cm³/mol. The predicted octanol–water partition coefficient (Wildman–Crippen LogP) is 8.10. The van der Waals surface area contributed by atoms with Gasteiger partial charge >= 0.3 is 0 Å². The lowest BCUT2D eigenvalue weighted by Gasteiger charge is -2.10. The van der Waals surface area contributed by atoms with Gasteiger partial charge < -0.3 is 9.97 Å². The first-order chi connectivity index (χ1) is 21.5. The number of nitrogens with zero attached hydrogens (tertiary/aromatic N) is 6. The minimum atomic E-state index is 0.602. The third kappa shape index (κ3) is 3.39. The smallest absolute Gasteiger partial charge is 0.164 e. The van der Waals surface area contributed by atoms with Crippen molar-refractivity contribution in [3.8, 4) is 45.6 Å². The average molecular weight is 571 g/mol. The van der Waals surface area contributed by atoms with Crippen LogP contribution >= 0.6 is 0 Å². The molecule has 0 radical (unpaired) electrons. The molecule has 8 heteroatoms. The van der Waals surface area contributed by atoms with E-state index in [1.54, 1.807) is 0 Å². The summed E-state index contributed by atoms with van der Waals surface area (Å²) >= 11 is 0. The van der Waals surface area contributed by atoms with Crippen LogP contribution in [0.4, 0.5) is 0 Å². The molecule has 9 rings (SSSR count). The molecule has 44 heavy (non-hydrogen) atoms. The van der Waals surface area contributed by atoms with Gasteiger partial charge in [0.1, 0.15) is 22.6 Å². The van der Waals surface area contributed by atoms with E-state index in [4.69, 9.17) is 29.9 Å². The van der Waals surface area contributed by atoms with Crippen LogP contribution in [0.3, 0.4) is 0 Å². The summed E-state index contributed by atoms with van der Waals surface area (Å²) in [5.74, 6) is 2.42. The molecule has 210 valence electrons. The van der Waals surface area contributed by atoms with Gasteiger partial charge in [0.2, 0.25) is 0 Å². The van der Waals surface area contributed by atoms with E-state index in [9.17, 15) is 0 Å². The second-order valence-corrected chi connectivity index (χ2v) is 11.5. The zero-order chi connectivity index (χ0) is 29.7. The summed E-state index contributed by atoms with van der Waals surface area (Å²) in [4.78, 5) is 37.6. The molecule has 2 aliphatic rings. The van der Waals surface area contributed by atoms with Crippen LogP contribution in [0.5, 0.6) is 0 Å². The van der Waals surface area contributed by atoms with Crippen molar-refractivity contribution < 1.29 is 0 Å². The summed E-state index contributed by atoms with van der Waals surface area (Å²) in [7, 11) is 0. The maximum absolute atomic E-state index is 5.19. The second-order valence-electron chi connectivity index (χ2n) is 11.5. The number of hydrogen-bond acceptors (Lipinski definition) is 6. The Bertz CT molecular complexity index is 2380. The van der Waals surface area contributed by atoms with Gasteiger partial charge in [-0.15, -0.1) is 0 Å². The zero-order valence-electron chi connectivity index (χ0n) is 24.6. The quantitative estimate of drug-likeness (QED) is 0.191. The summed E-state index contributed by atoms with van der Waals surface area (Å²) in [6, 6.07) is 24.3. The van der Waals surface area contributed by atoms with Crippen LogP contribution in [0.1, 0.15) is 22.3 Å². The van der Waals surface area contributed by atoms with Crippen LogP contribution in [-0.2, 0) is 0 Å². The first-order valence-electron chi connectivity index (χ1n) is 14.7. The molecular weight excluding hydrogens is 544 g/mol. The molecule has 0 atom stereocenters. The molecule has 0 spiro atoms. The molecule has 8 nitrogen and oxygen atoms in total. The van der Waals surface area contributed by atoms with Crippen molar-refractivity contribution in [2.75, 3.05) is 0 Å². The molecule has 0 unspecified atom stereocenters. The Morgan fingerprint density at radius 2 is 0.682 bits per heavy atom. The number of aromatic amines is 2. The Labute approximate surface area is 252 Å². The molecule has 0 saturated carbocycles. The number of H-pyrrole nitrogens is 2.